The largest absolute Gasteiger partial charge is 0.459 e. The van der Waals surface area contributed by atoms with Gasteiger partial charge in [0.2, 0.25) is 5.91 Å². The Balaban J connectivity index is 1.73. The summed E-state index contributed by atoms with van der Waals surface area (Å²) in [6, 6.07) is 3.70. The molecule has 1 atom stereocenters. The number of amides is 2. The van der Waals surface area contributed by atoms with Gasteiger partial charge >= 0.3 is 5.97 Å². The van der Waals surface area contributed by atoms with Gasteiger partial charge in [0.25, 0.3) is 5.91 Å². The number of pyridine rings is 1. The molecule has 0 radical (unpaired) electrons. The van der Waals surface area contributed by atoms with Crippen LogP contribution in [0.25, 0.3) is 0 Å². The molecule has 8 heteroatoms. The van der Waals surface area contributed by atoms with Crippen LogP contribution >= 0.6 is 0 Å². The SMILES string of the molecule is Cc1cccnc1NC(=O)C1CCCN(C(=O)c2[nH]c(C)c(C(=O)OC(C)C)c2C)C1. The number of carbonyl (C=O) groups excluding carboxylic acids is 3. The number of hydrogen-bond acceptors (Lipinski definition) is 5. The summed E-state index contributed by atoms with van der Waals surface area (Å²) in [6.45, 7) is 9.83. The van der Waals surface area contributed by atoms with Gasteiger partial charge in [-0.2, -0.15) is 0 Å². The normalized spacial score (nSPS) is 16.3. The minimum atomic E-state index is -0.443. The first-order valence-electron chi connectivity index (χ1n) is 10.6. The Kier molecular flexibility index (Phi) is 6.77. The van der Waals surface area contributed by atoms with Crippen LogP contribution in [0.15, 0.2) is 18.3 Å². The minimum absolute atomic E-state index is 0.139. The molecular formula is C23H30N4O4. The highest BCUT2D eigenvalue weighted by molar-refractivity contribution is 6.01. The van der Waals surface area contributed by atoms with E-state index in [4.69, 9.17) is 4.74 Å². The smallest absolute Gasteiger partial charge is 0.340 e. The van der Waals surface area contributed by atoms with E-state index < -0.39 is 5.97 Å². The molecule has 3 rings (SSSR count). The number of nitrogens with zero attached hydrogens (tertiary/aromatic N) is 2. The summed E-state index contributed by atoms with van der Waals surface area (Å²) in [7, 11) is 0. The van der Waals surface area contributed by atoms with Gasteiger partial charge in [0.15, 0.2) is 0 Å². The second-order valence-corrected chi connectivity index (χ2v) is 8.33. The van der Waals surface area contributed by atoms with Crippen LogP contribution in [0.5, 0.6) is 0 Å². The third kappa shape index (κ3) is 4.95. The molecule has 0 aliphatic carbocycles. The summed E-state index contributed by atoms with van der Waals surface area (Å²) in [5, 5.41) is 2.88. The summed E-state index contributed by atoms with van der Waals surface area (Å²) in [6.07, 6.45) is 2.82. The molecule has 166 valence electrons. The van der Waals surface area contributed by atoms with E-state index in [-0.39, 0.29) is 23.8 Å². The molecule has 8 nitrogen and oxygen atoms in total. The Labute approximate surface area is 182 Å². The number of aryl methyl sites for hydroxylation is 2. The molecule has 2 N–H and O–H groups in total. The van der Waals surface area contributed by atoms with Gasteiger partial charge in [0.1, 0.15) is 11.5 Å². The Bertz CT molecular complexity index is 995. The van der Waals surface area contributed by atoms with E-state index in [0.717, 1.165) is 12.0 Å². The fraction of sp³-hybridized carbons (Fsp3) is 0.478. The lowest BCUT2D eigenvalue weighted by atomic mass is 9.96. The zero-order valence-electron chi connectivity index (χ0n) is 18.7. The highest BCUT2D eigenvalue weighted by Crippen LogP contribution is 2.25. The maximum atomic E-state index is 13.2. The second-order valence-electron chi connectivity index (χ2n) is 8.33. The molecular weight excluding hydrogens is 396 g/mol. The van der Waals surface area contributed by atoms with Crippen LogP contribution in [-0.2, 0) is 9.53 Å². The molecule has 1 unspecified atom stereocenters. The number of piperidine rings is 1. The van der Waals surface area contributed by atoms with Crippen LogP contribution in [0.3, 0.4) is 0 Å². The third-order valence-corrected chi connectivity index (χ3v) is 5.53. The lowest BCUT2D eigenvalue weighted by molar-refractivity contribution is -0.121. The molecule has 31 heavy (non-hydrogen) atoms. The van der Waals surface area contributed by atoms with E-state index in [0.29, 0.717) is 47.8 Å². The number of esters is 1. The quantitative estimate of drug-likeness (QED) is 0.713. The Morgan fingerprint density at radius 3 is 2.68 bits per heavy atom. The van der Waals surface area contributed by atoms with Crippen molar-refractivity contribution >= 4 is 23.6 Å². The molecule has 3 heterocycles. The molecule has 0 bridgehead atoms. The van der Waals surface area contributed by atoms with Gasteiger partial charge in [0, 0.05) is 25.0 Å². The molecule has 1 saturated heterocycles. The molecule has 0 spiro atoms. The molecule has 1 aliphatic rings. The number of ether oxygens (including phenoxy) is 1. The summed E-state index contributed by atoms with van der Waals surface area (Å²) < 4.78 is 5.31. The zero-order valence-corrected chi connectivity index (χ0v) is 18.7. The monoisotopic (exact) mass is 426 g/mol. The molecule has 2 aromatic rings. The molecule has 0 aromatic carbocycles. The fourth-order valence-electron chi connectivity index (χ4n) is 3.91. The molecule has 1 fully saturated rings. The van der Waals surface area contributed by atoms with Gasteiger partial charge in [-0.15, -0.1) is 0 Å². The van der Waals surface area contributed by atoms with Gasteiger partial charge in [-0.05, 0) is 64.7 Å². The Morgan fingerprint density at radius 1 is 1.26 bits per heavy atom. The number of carbonyl (C=O) groups is 3. The van der Waals surface area contributed by atoms with E-state index in [1.165, 1.54) is 0 Å². The van der Waals surface area contributed by atoms with Gasteiger partial charge in [-0.3, -0.25) is 9.59 Å². The van der Waals surface area contributed by atoms with Crippen molar-refractivity contribution in [1.29, 1.82) is 0 Å². The Morgan fingerprint density at radius 2 is 2.00 bits per heavy atom. The lowest BCUT2D eigenvalue weighted by Crippen LogP contribution is -2.44. The predicted molar refractivity (Wildman–Crippen MR) is 117 cm³/mol. The molecule has 0 saturated carbocycles. The van der Waals surface area contributed by atoms with Gasteiger partial charge < -0.3 is 19.9 Å². The first-order valence-corrected chi connectivity index (χ1v) is 10.6. The van der Waals surface area contributed by atoms with Crippen molar-refractivity contribution in [2.24, 2.45) is 5.92 Å². The van der Waals surface area contributed by atoms with E-state index in [9.17, 15) is 14.4 Å². The topological polar surface area (TPSA) is 104 Å². The molecule has 2 amide bonds. The van der Waals surface area contributed by atoms with Crippen LogP contribution in [0.2, 0.25) is 0 Å². The van der Waals surface area contributed by atoms with Crippen molar-refractivity contribution in [3.8, 4) is 0 Å². The van der Waals surface area contributed by atoms with Gasteiger partial charge in [0.05, 0.1) is 17.6 Å². The maximum absolute atomic E-state index is 13.2. The van der Waals surface area contributed by atoms with E-state index in [1.807, 2.05) is 19.1 Å². The van der Waals surface area contributed by atoms with Crippen LogP contribution in [0.4, 0.5) is 5.82 Å². The second kappa shape index (κ2) is 9.32. The number of hydrogen-bond donors (Lipinski definition) is 2. The van der Waals surface area contributed by atoms with Gasteiger partial charge in [-0.1, -0.05) is 6.07 Å². The third-order valence-electron chi connectivity index (χ3n) is 5.53. The van der Waals surface area contributed by atoms with Crippen LogP contribution in [-0.4, -0.2) is 51.8 Å². The van der Waals surface area contributed by atoms with Gasteiger partial charge in [-0.25, -0.2) is 9.78 Å². The zero-order chi connectivity index (χ0) is 22.7. The number of aromatic nitrogens is 2. The maximum Gasteiger partial charge on any atom is 0.340 e. The number of H-pyrrole nitrogens is 1. The summed E-state index contributed by atoms with van der Waals surface area (Å²) in [5.41, 5.74) is 2.83. The summed E-state index contributed by atoms with van der Waals surface area (Å²) in [4.78, 5) is 47.4. The highest BCUT2D eigenvalue weighted by atomic mass is 16.5. The average molecular weight is 427 g/mol. The first-order chi connectivity index (χ1) is 14.7. The number of anilines is 1. The molecule has 2 aromatic heterocycles. The standard InChI is InChI=1S/C23H30N4O4/c1-13(2)31-23(30)18-15(4)19(25-16(18)5)22(29)27-11-7-9-17(12-27)21(28)26-20-14(3)8-6-10-24-20/h6,8,10,13,17,25H,7,9,11-12H2,1-5H3,(H,24,26,28). The fourth-order valence-corrected chi connectivity index (χ4v) is 3.91. The average Bonchev–Trinajstić information content (AvgIpc) is 3.02. The van der Waals surface area contributed by atoms with Crippen molar-refractivity contribution in [2.45, 2.75) is 53.6 Å². The van der Waals surface area contributed by atoms with Crippen molar-refractivity contribution in [2.75, 3.05) is 18.4 Å². The van der Waals surface area contributed by atoms with E-state index >= 15 is 0 Å². The van der Waals surface area contributed by atoms with Crippen molar-refractivity contribution in [1.82, 2.24) is 14.9 Å². The van der Waals surface area contributed by atoms with Crippen LogP contribution in [0, 0.1) is 26.7 Å². The Hall–Kier alpha value is -3.16. The van der Waals surface area contributed by atoms with Crippen molar-refractivity contribution < 1.29 is 19.1 Å². The molecule has 1 aliphatic heterocycles. The van der Waals surface area contributed by atoms with Crippen LogP contribution in [0.1, 0.15) is 64.4 Å². The number of nitrogens with one attached hydrogen (secondary N) is 2. The van der Waals surface area contributed by atoms with Crippen molar-refractivity contribution in [3.63, 3.8) is 0 Å². The number of likely N-dealkylation sites (tertiary alicyclic amines) is 1. The highest BCUT2D eigenvalue weighted by Gasteiger charge is 2.32. The lowest BCUT2D eigenvalue weighted by Gasteiger charge is -2.32. The summed E-state index contributed by atoms with van der Waals surface area (Å²) >= 11 is 0. The predicted octanol–water partition coefficient (Wildman–Crippen LogP) is 3.39. The van der Waals surface area contributed by atoms with E-state index in [2.05, 4.69) is 15.3 Å². The number of rotatable bonds is 5. The van der Waals surface area contributed by atoms with E-state index in [1.54, 1.807) is 38.8 Å². The number of aromatic amines is 1. The first kappa shape index (κ1) is 22.5. The van der Waals surface area contributed by atoms with Crippen molar-refractivity contribution in [3.05, 3.63) is 46.4 Å². The minimum Gasteiger partial charge on any atom is -0.459 e. The van der Waals surface area contributed by atoms with Crippen LogP contribution < -0.4 is 5.32 Å². The summed E-state index contributed by atoms with van der Waals surface area (Å²) in [5.74, 6) is -0.571.